The van der Waals surface area contributed by atoms with E-state index in [4.69, 9.17) is 16.3 Å². The summed E-state index contributed by atoms with van der Waals surface area (Å²) in [6, 6.07) is 25.5. The highest BCUT2D eigenvalue weighted by Gasteiger charge is 2.32. The van der Waals surface area contributed by atoms with Crippen LogP contribution >= 0.6 is 11.6 Å². The maximum atomic E-state index is 6.23. The van der Waals surface area contributed by atoms with E-state index in [1.807, 2.05) is 24.3 Å². The highest BCUT2D eigenvalue weighted by molar-refractivity contribution is 6.30. The summed E-state index contributed by atoms with van der Waals surface area (Å²) in [5.41, 5.74) is 3.65. The summed E-state index contributed by atoms with van der Waals surface area (Å²) >= 11 is 6.23. The maximum Gasteiger partial charge on any atom is 0.152 e. The van der Waals surface area contributed by atoms with Crippen LogP contribution in [0, 0.1) is 0 Å². The van der Waals surface area contributed by atoms with Gasteiger partial charge in [-0.15, -0.1) is 0 Å². The van der Waals surface area contributed by atoms with Crippen molar-refractivity contribution in [1.82, 2.24) is 4.90 Å². The summed E-state index contributed by atoms with van der Waals surface area (Å²) in [6.07, 6.45) is 2.26. The molecule has 1 saturated heterocycles. The van der Waals surface area contributed by atoms with Gasteiger partial charge in [0.05, 0.1) is 11.4 Å². The summed E-state index contributed by atoms with van der Waals surface area (Å²) in [5.74, 6) is 1.75. The Morgan fingerprint density at radius 1 is 0.821 bits per heavy atom. The molecule has 28 heavy (non-hydrogen) atoms. The Kier molecular flexibility index (Phi) is 4.71. The van der Waals surface area contributed by atoms with Crippen LogP contribution in [0.15, 0.2) is 72.8 Å². The highest BCUT2D eigenvalue weighted by Crippen LogP contribution is 2.49. The molecule has 0 bridgehead atoms. The third kappa shape index (κ3) is 3.36. The van der Waals surface area contributed by atoms with E-state index in [0.29, 0.717) is 11.1 Å². The van der Waals surface area contributed by atoms with Crippen LogP contribution in [-0.2, 0) is 6.54 Å². The molecule has 0 aromatic heterocycles. The van der Waals surface area contributed by atoms with Crippen LogP contribution in [0.1, 0.15) is 18.4 Å². The minimum Gasteiger partial charge on any atom is -0.453 e. The molecular weight excluding hydrogens is 368 g/mol. The van der Waals surface area contributed by atoms with Gasteiger partial charge >= 0.3 is 0 Å². The number of hydrogen-bond acceptors (Lipinski definition) is 3. The van der Waals surface area contributed by atoms with E-state index < -0.39 is 0 Å². The van der Waals surface area contributed by atoms with Crippen LogP contribution < -0.4 is 9.64 Å². The van der Waals surface area contributed by atoms with Crippen molar-refractivity contribution < 1.29 is 4.74 Å². The summed E-state index contributed by atoms with van der Waals surface area (Å²) in [5, 5.41) is 0.704. The maximum absolute atomic E-state index is 6.23. The number of fused-ring (bicyclic) bond motifs is 2. The predicted octanol–water partition coefficient (Wildman–Crippen LogP) is 6.25. The number of likely N-dealkylation sites (tertiary alicyclic amines) is 1. The molecule has 2 heterocycles. The Hall–Kier alpha value is -2.49. The third-order valence-electron chi connectivity index (χ3n) is 5.70. The molecule has 3 aromatic carbocycles. The van der Waals surface area contributed by atoms with Crippen LogP contribution in [0.2, 0.25) is 5.02 Å². The molecule has 3 nitrogen and oxygen atoms in total. The first kappa shape index (κ1) is 17.6. The van der Waals surface area contributed by atoms with Crippen molar-refractivity contribution in [3.05, 3.63) is 83.4 Å². The Morgan fingerprint density at radius 2 is 1.54 bits per heavy atom. The average molecular weight is 391 g/mol. The van der Waals surface area contributed by atoms with Gasteiger partial charge in [-0.25, -0.2) is 0 Å². The van der Waals surface area contributed by atoms with Crippen LogP contribution in [0.3, 0.4) is 0 Å². The minimum atomic E-state index is 0.456. The number of rotatable bonds is 3. The van der Waals surface area contributed by atoms with Gasteiger partial charge in [0.1, 0.15) is 0 Å². The Labute approximate surface area is 171 Å². The highest BCUT2D eigenvalue weighted by atomic mass is 35.5. The second-order valence-corrected chi connectivity index (χ2v) is 7.98. The Balaban J connectivity index is 1.38. The van der Waals surface area contributed by atoms with Crippen molar-refractivity contribution in [2.24, 2.45) is 0 Å². The zero-order valence-corrected chi connectivity index (χ0v) is 16.5. The molecule has 0 amide bonds. The first-order valence-corrected chi connectivity index (χ1v) is 10.3. The number of para-hydroxylation sites is 2. The molecule has 5 rings (SSSR count). The molecule has 3 aromatic rings. The Morgan fingerprint density at radius 3 is 2.36 bits per heavy atom. The second-order valence-electron chi connectivity index (χ2n) is 7.54. The molecule has 4 heteroatoms. The lowest BCUT2D eigenvalue weighted by atomic mass is 9.99. The minimum absolute atomic E-state index is 0.456. The zero-order chi connectivity index (χ0) is 18.9. The fraction of sp³-hybridized carbons (Fsp3) is 0.250. The number of ether oxygens (including phenoxy) is 1. The number of halogens is 1. The molecule has 0 radical (unpaired) electrons. The van der Waals surface area contributed by atoms with Gasteiger partial charge in [0, 0.05) is 36.8 Å². The quantitative estimate of drug-likeness (QED) is 0.525. The van der Waals surface area contributed by atoms with Crippen molar-refractivity contribution in [1.29, 1.82) is 0 Å². The van der Waals surface area contributed by atoms with Gasteiger partial charge in [0.25, 0.3) is 0 Å². The largest absolute Gasteiger partial charge is 0.453 e. The third-order valence-corrected chi connectivity index (χ3v) is 5.93. The number of nitrogens with zero attached hydrogens (tertiary/aromatic N) is 2. The molecule has 1 fully saturated rings. The molecule has 0 aliphatic carbocycles. The summed E-state index contributed by atoms with van der Waals surface area (Å²) < 4.78 is 6.14. The van der Waals surface area contributed by atoms with Gasteiger partial charge in [0.15, 0.2) is 11.5 Å². The van der Waals surface area contributed by atoms with Crippen molar-refractivity contribution in [3.8, 4) is 11.5 Å². The summed E-state index contributed by atoms with van der Waals surface area (Å²) in [6.45, 7) is 3.23. The van der Waals surface area contributed by atoms with Crippen LogP contribution in [0.25, 0.3) is 0 Å². The number of benzene rings is 3. The normalized spacial score (nSPS) is 17.0. The van der Waals surface area contributed by atoms with Crippen molar-refractivity contribution >= 4 is 23.0 Å². The van der Waals surface area contributed by atoms with Crippen LogP contribution in [-0.4, -0.2) is 24.0 Å². The fourth-order valence-electron chi connectivity index (χ4n) is 4.33. The molecule has 2 aliphatic rings. The van der Waals surface area contributed by atoms with E-state index >= 15 is 0 Å². The molecule has 0 saturated carbocycles. The first-order valence-electron chi connectivity index (χ1n) is 9.90. The van der Waals surface area contributed by atoms with E-state index in [-0.39, 0.29) is 0 Å². The number of hydrogen-bond donors (Lipinski definition) is 0. The molecule has 0 spiro atoms. The Bertz CT molecular complexity index is 967. The molecule has 2 aliphatic heterocycles. The zero-order valence-electron chi connectivity index (χ0n) is 15.7. The smallest absolute Gasteiger partial charge is 0.152 e. The lowest BCUT2D eigenvalue weighted by Gasteiger charge is -2.42. The number of anilines is 2. The molecule has 0 atom stereocenters. The van der Waals surface area contributed by atoms with Gasteiger partial charge in [-0.1, -0.05) is 54.1 Å². The van der Waals surface area contributed by atoms with Gasteiger partial charge in [-0.3, -0.25) is 4.90 Å². The molecule has 0 N–H and O–H groups in total. The standard InChI is InChI=1S/C24H23ClN2O/c25-19-10-11-22-24(16-19)28-23-9-5-4-8-21(23)27(22)20-12-14-26(15-13-20)17-18-6-2-1-3-7-18/h1-11,16,20H,12-15,17H2. The van der Waals surface area contributed by atoms with Crippen LogP contribution in [0.4, 0.5) is 11.4 Å². The van der Waals surface area contributed by atoms with Gasteiger partial charge in [-0.2, -0.15) is 0 Å². The second kappa shape index (κ2) is 7.50. The summed E-state index contributed by atoms with van der Waals surface area (Å²) in [7, 11) is 0. The lowest BCUT2D eigenvalue weighted by molar-refractivity contribution is 0.204. The SMILES string of the molecule is Clc1ccc2c(c1)Oc1ccccc1N2C1CCN(Cc2ccccc2)CC1. The van der Waals surface area contributed by atoms with E-state index in [9.17, 15) is 0 Å². The van der Waals surface area contributed by atoms with E-state index in [0.717, 1.165) is 55.3 Å². The van der Waals surface area contributed by atoms with E-state index in [2.05, 4.69) is 58.3 Å². The van der Waals surface area contributed by atoms with Gasteiger partial charge in [0.2, 0.25) is 0 Å². The van der Waals surface area contributed by atoms with Gasteiger partial charge in [-0.05, 0) is 42.7 Å². The summed E-state index contributed by atoms with van der Waals surface area (Å²) in [4.78, 5) is 5.02. The van der Waals surface area contributed by atoms with Gasteiger partial charge < -0.3 is 9.64 Å². The average Bonchev–Trinajstić information content (AvgIpc) is 2.73. The van der Waals surface area contributed by atoms with Crippen molar-refractivity contribution in [2.75, 3.05) is 18.0 Å². The fourth-order valence-corrected chi connectivity index (χ4v) is 4.49. The monoisotopic (exact) mass is 390 g/mol. The molecule has 142 valence electrons. The van der Waals surface area contributed by atoms with E-state index in [1.54, 1.807) is 0 Å². The predicted molar refractivity (Wildman–Crippen MR) is 115 cm³/mol. The van der Waals surface area contributed by atoms with Crippen LogP contribution in [0.5, 0.6) is 11.5 Å². The number of piperidine rings is 1. The van der Waals surface area contributed by atoms with Crippen molar-refractivity contribution in [2.45, 2.75) is 25.4 Å². The first-order chi connectivity index (χ1) is 13.8. The topological polar surface area (TPSA) is 15.7 Å². The lowest BCUT2D eigenvalue weighted by Crippen LogP contribution is -2.43. The van der Waals surface area contributed by atoms with Crippen molar-refractivity contribution in [3.63, 3.8) is 0 Å². The molecular formula is C24H23ClN2O. The molecule has 0 unspecified atom stereocenters. The van der Waals surface area contributed by atoms with E-state index in [1.165, 1.54) is 5.56 Å².